The van der Waals surface area contributed by atoms with Crippen LogP contribution in [0, 0.1) is 0 Å². The summed E-state index contributed by atoms with van der Waals surface area (Å²) >= 11 is 0. The van der Waals surface area contributed by atoms with Crippen molar-refractivity contribution >= 4 is 47.3 Å². The number of carbonyl (C=O) groups excluding carboxylic acids is 4. The second-order valence-electron chi connectivity index (χ2n) is 8.97. The molecule has 0 radical (unpaired) electrons. The molecule has 0 aliphatic carbocycles. The van der Waals surface area contributed by atoms with Crippen molar-refractivity contribution in [2.45, 2.75) is 0 Å². The number of esters is 2. The van der Waals surface area contributed by atoms with Crippen LogP contribution in [0.3, 0.4) is 0 Å². The zero-order valence-electron chi connectivity index (χ0n) is 22.8. The molecule has 0 aliphatic rings. The van der Waals surface area contributed by atoms with Crippen LogP contribution in [0.2, 0.25) is 0 Å². The van der Waals surface area contributed by atoms with E-state index in [1.54, 1.807) is 61.6 Å². The number of hydrogen-bond donors (Lipinski definition) is 1. The molecule has 0 unspecified atom stereocenters. The Labute approximate surface area is 237 Å². The summed E-state index contributed by atoms with van der Waals surface area (Å²) in [5.41, 5.74) is 3.94. The number of anilines is 2. The minimum absolute atomic E-state index is 0.219. The molecule has 0 saturated heterocycles. The third-order valence-electron chi connectivity index (χ3n) is 6.34. The van der Waals surface area contributed by atoms with Crippen molar-refractivity contribution in [3.05, 3.63) is 130 Å². The molecule has 1 N–H and O–H groups in total. The zero-order chi connectivity index (χ0) is 29.4. The number of amides is 2. The fourth-order valence-corrected chi connectivity index (χ4v) is 4.02. The molecule has 0 atom stereocenters. The predicted molar refractivity (Wildman–Crippen MR) is 158 cm³/mol. The minimum Gasteiger partial charge on any atom is -0.465 e. The van der Waals surface area contributed by atoms with Gasteiger partial charge < -0.3 is 19.7 Å². The molecule has 0 aromatic heterocycles. The maximum Gasteiger partial charge on any atom is 0.339 e. The number of carbonyl (C=O) groups is 4. The summed E-state index contributed by atoms with van der Waals surface area (Å²) in [5, 5.41) is 2.78. The van der Waals surface area contributed by atoms with Gasteiger partial charge in [-0.05, 0) is 71.8 Å². The van der Waals surface area contributed by atoms with Gasteiger partial charge in [0.25, 0.3) is 11.8 Å². The number of nitrogens with one attached hydrogen (secondary N) is 1. The maximum absolute atomic E-state index is 13.0. The lowest BCUT2D eigenvalue weighted by Crippen LogP contribution is -2.26. The van der Waals surface area contributed by atoms with Gasteiger partial charge in [0, 0.05) is 23.9 Å². The van der Waals surface area contributed by atoms with Crippen LogP contribution in [0.5, 0.6) is 0 Å². The van der Waals surface area contributed by atoms with Crippen molar-refractivity contribution in [3.8, 4) is 0 Å². The Morgan fingerprint density at radius 3 is 1.88 bits per heavy atom. The molecule has 8 heteroatoms. The lowest BCUT2D eigenvalue weighted by Gasteiger charge is -2.18. The number of rotatable bonds is 8. The first-order valence-corrected chi connectivity index (χ1v) is 12.6. The lowest BCUT2D eigenvalue weighted by atomic mass is 10.1. The fraction of sp³-hybridized carbons (Fsp3) is 0.0909. The molecular formula is C33H28N2O6. The van der Waals surface area contributed by atoms with Crippen LogP contribution in [0.25, 0.3) is 12.2 Å². The fourth-order valence-electron chi connectivity index (χ4n) is 4.02. The van der Waals surface area contributed by atoms with Gasteiger partial charge in [0.15, 0.2) is 0 Å². The number of benzene rings is 4. The average Bonchev–Trinajstić information content (AvgIpc) is 3.03. The molecule has 4 rings (SSSR count). The van der Waals surface area contributed by atoms with E-state index in [1.165, 1.54) is 31.3 Å². The predicted octanol–water partition coefficient (Wildman–Crippen LogP) is 5.96. The molecule has 4 aromatic carbocycles. The summed E-state index contributed by atoms with van der Waals surface area (Å²) in [6, 6.07) is 27.5. The van der Waals surface area contributed by atoms with Crippen LogP contribution in [0.15, 0.2) is 97.1 Å². The highest BCUT2D eigenvalue weighted by Gasteiger charge is 2.18. The van der Waals surface area contributed by atoms with E-state index in [-0.39, 0.29) is 11.5 Å². The molecule has 0 bridgehead atoms. The molecule has 4 aromatic rings. The first kappa shape index (κ1) is 28.5. The highest BCUT2D eigenvalue weighted by molar-refractivity contribution is 6.09. The standard InChI is InChI=1S/C33H28N2O6/c1-35(31(37)25-12-14-26(15-13-25)32(38)40-2)27-18-16-24(17-19-27)30(36)34-29-20-11-23(21-28(29)33(39)41-3)10-9-22-7-5-4-6-8-22/h4-21H,1-3H3,(H,34,36). The molecule has 41 heavy (non-hydrogen) atoms. The number of ether oxygens (including phenoxy) is 2. The summed E-state index contributed by atoms with van der Waals surface area (Å²) in [4.78, 5) is 51.5. The highest BCUT2D eigenvalue weighted by Crippen LogP contribution is 2.23. The van der Waals surface area contributed by atoms with E-state index in [9.17, 15) is 19.2 Å². The van der Waals surface area contributed by atoms with Crippen molar-refractivity contribution in [2.75, 3.05) is 31.5 Å². The first-order chi connectivity index (χ1) is 19.8. The summed E-state index contributed by atoms with van der Waals surface area (Å²) in [5.74, 6) is -1.78. The van der Waals surface area contributed by atoms with Crippen LogP contribution in [0.1, 0.15) is 52.6 Å². The SMILES string of the molecule is COC(=O)c1ccc(C(=O)N(C)c2ccc(C(=O)Nc3ccc(C=Cc4ccccc4)cc3C(=O)OC)cc2)cc1. The Morgan fingerprint density at radius 1 is 0.659 bits per heavy atom. The second kappa shape index (κ2) is 13.0. The van der Waals surface area contributed by atoms with Crippen LogP contribution >= 0.6 is 0 Å². The molecular weight excluding hydrogens is 520 g/mol. The van der Waals surface area contributed by atoms with Gasteiger partial charge >= 0.3 is 11.9 Å². The second-order valence-corrected chi connectivity index (χ2v) is 8.97. The van der Waals surface area contributed by atoms with Gasteiger partial charge in [0.05, 0.1) is 31.0 Å². The molecule has 0 heterocycles. The summed E-state index contributed by atoms with van der Waals surface area (Å²) in [6.45, 7) is 0. The molecule has 206 valence electrons. The molecule has 0 aliphatic heterocycles. The summed E-state index contributed by atoms with van der Waals surface area (Å²) in [7, 11) is 4.19. The Bertz CT molecular complexity index is 1590. The van der Waals surface area contributed by atoms with E-state index in [2.05, 4.69) is 10.1 Å². The van der Waals surface area contributed by atoms with Gasteiger partial charge in [-0.3, -0.25) is 9.59 Å². The van der Waals surface area contributed by atoms with Crippen molar-refractivity contribution < 1.29 is 28.7 Å². The van der Waals surface area contributed by atoms with E-state index in [0.29, 0.717) is 28.1 Å². The van der Waals surface area contributed by atoms with E-state index in [1.807, 2.05) is 42.5 Å². The largest absolute Gasteiger partial charge is 0.465 e. The normalized spacial score (nSPS) is 10.6. The highest BCUT2D eigenvalue weighted by atomic mass is 16.5. The van der Waals surface area contributed by atoms with Crippen molar-refractivity contribution in [2.24, 2.45) is 0 Å². The van der Waals surface area contributed by atoms with Gasteiger partial charge in [0.1, 0.15) is 0 Å². The summed E-state index contributed by atoms with van der Waals surface area (Å²) in [6.07, 6.45) is 3.80. The van der Waals surface area contributed by atoms with E-state index < -0.39 is 17.8 Å². The van der Waals surface area contributed by atoms with Crippen LogP contribution < -0.4 is 10.2 Å². The van der Waals surface area contributed by atoms with Crippen LogP contribution in [-0.2, 0) is 9.47 Å². The Hall–Kier alpha value is -5.50. The Balaban J connectivity index is 1.47. The quantitative estimate of drug-likeness (QED) is 0.215. The van der Waals surface area contributed by atoms with E-state index in [4.69, 9.17) is 4.74 Å². The molecule has 8 nitrogen and oxygen atoms in total. The Morgan fingerprint density at radius 2 is 1.24 bits per heavy atom. The first-order valence-electron chi connectivity index (χ1n) is 12.6. The summed E-state index contributed by atoms with van der Waals surface area (Å²) < 4.78 is 9.62. The van der Waals surface area contributed by atoms with Gasteiger partial charge in [-0.15, -0.1) is 0 Å². The Kier molecular flexibility index (Phi) is 9.06. The van der Waals surface area contributed by atoms with Gasteiger partial charge in [-0.25, -0.2) is 9.59 Å². The molecule has 2 amide bonds. The maximum atomic E-state index is 13.0. The van der Waals surface area contributed by atoms with Crippen LogP contribution in [0.4, 0.5) is 11.4 Å². The topological polar surface area (TPSA) is 102 Å². The smallest absolute Gasteiger partial charge is 0.339 e. The monoisotopic (exact) mass is 548 g/mol. The van der Waals surface area contributed by atoms with E-state index in [0.717, 1.165) is 11.1 Å². The minimum atomic E-state index is -0.578. The number of hydrogen-bond acceptors (Lipinski definition) is 6. The van der Waals surface area contributed by atoms with Gasteiger partial charge in [0.2, 0.25) is 0 Å². The van der Waals surface area contributed by atoms with Crippen molar-refractivity contribution in [1.29, 1.82) is 0 Å². The van der Waals surface area contributed by atoms with Gasteiger partial charge in [-0.1, -0.05) is 48.6 Å². The van der Waals surface area contributed by atoms with Crippen molar-refractivity contribution in [3.63, 3.8) is 0 Å². The van der Waals surface area contributed by atoms with Gasteiger partial charge in [-0.2, -0.15) is 0 Å². The zero-order valence-corrected chi connectivity index (χ0v) is 22.8. The number of methoxy groups -OCH3 is 2. The molecule has 0 saturated carbocycles. The molecule has 0 spiro atoms. The third-order valence-corrected chi connectivity index (χ3v) is 6.34. The average molecular weight is 549 g/mol. The van der Waals surface area contributed by atoms with Crippen molar-refractivity contribution in [1.82, 2.24) is 0 Å². The van der Waals surface area contributed by atoms with Crippen LogP contribution in [-0.4, -0.2) is 45.0 Å². The molecule has 0 fully saturated rings. The number of nitrogens with zero attached hydrogens (tertiary/aromatic N) is 1. The third kappa shape index (κ3) is 6.93. The van der Waals surface area contributed by atoms with E-state index >= 15 is 0 Å². The lowest BCUT2D eigenvalue weighted by molar-refractivity contribution is 0.0592.